The average Bonchev–Trinajstić information content (AvgIpc) is 2.26. The number of nitrogens with one attached hydrogen (secondary N) is 2. The largest absolute Gasteiger partial charge is 0.380 e. The summed E-state index contributed by atoms with van der Waals surface area (Å²) in [5.74, 6) is 2.63. The molecule has 0 fully saturated rings. The highest BCUT2D eigenvalue weighted by Gasteiger charge is 2.02. The zero-order valence-electron chi connectivity index (χ0n) is 9.59. The molecule has 0 radical (unpaired) electrons. The fourth-order valence-corrected chi connectivity index (χ4v) is 1.42. The summed E-state index contributed by atoms with van der Waals surface area (Å²) in [5.41, 5.74) is 0. The van der Waals surface area contributed by atoms with Crippen LogP contribution in [0.25, 0.3) is 0 Å². The third-order valence-electron chi connectivity index (χ3n) is 2.20. The highest BCUT2D eigenvalue weighted by molar-refractivity contribution is 7.13. The van der Waals surface area contributed by atoms with Gasteiger partial charge in [0.1, 0.15) is 0 Å². The van der Waals surface area contributed by atoms with E-state index in [-0.39, 0.29) is 0 Å². The first-order valence-corrected chi connectivity index (χ1v) is 6.04. The first-order chi connectivity index (χ1) is 7.35. The minimum Gasteiger partial charge on any atom is -0.380 e. The lowest BCUT2D eigenvalue weighted by atomic mass is 10.2. The average molecular weight is 230 g/mol. The quantitative estimate of drug-likeness (QED) is 0.336. The molecule has 88 valence electrons. The van der Waals surface area contributed by atoms with E-state index in [0.29, 0.717) is 12.6 Å². The van der Waals surface area contributed by atoms with Crippen LogP contribution in [0.4, 0.5) is 0 Å². The minimum atomic E-state index is 0.295. The van der Waals surface area contributed by atoms with Gasteiger partial charge in [-0.1, -0.05) is 9.39 Å². The third-order valence-corrected chi connectivity index (χ3v) is 2.49. The smallest absolute Gasteiger partial charge is 0.0628 e. The van der Waals surface area contributed by atoms with Crippen LogP contribution in [0.2, 0.25) is 0 Å². The molecule has 0 aromatic carbocycles. The summed E-state index contributed by atoms with van der Waals surface area (Å²) >= 11 is 0. The molecule has 0 aromatic heterocycles. The Morgan fingerprint density at radius 3 is 2.80 bits per heavy atom. The van der Waals surface area contributed by atoms with Crippen molar-refractivity contribution in [2.75, 3.05) is 26.8 Å². The maximum atomic E-state index is 5.54. The second kappa shape index (κ2) is 11.9. The van der Waals surface area contributed by atoms with Gasteiger partial charge >= 0.3 is 0 Å². The van der Waals surface area contributed by atoms with Crippen molar-refractivity contribution in [2.24, 2.45) is 0 Å². The van der Waals surface area contributed by atoms with E-state index in [1.807, 2.05) is 7.05 Å². The predicted molar refractivity (Wildman–Crippen MR) is 68.7 cm³/mol. The van der Waals surface area contributed by atoms with E-state index >= 15 is 0 Å². The number of ether oxygens (including phenoxy) is 1. The second-order valence-electron chi connectivity index (χ2n) is 3.48. The maximum Gasteiger partial charge on any atom is 0.0628 e. The van der Waals surface area contributed by atoms with Crippen molar-refractivity contribution < 1.29 is 4.74 Å². The summed E-state index contributed by atoms with van der Waals surface area (Å²) in [7, 11) is 4.42. The molecule has 0 saturated heterocycles. The molecule has 0 aliphatic rings. The van der Waals surface area contributed by atoms with Crippen LogP contribution in [-0.2, 0) is 4.74 Å². The first kappa shape index (κ1) is 14.9. The van der Waals surface area contributed by atoms with Gasteiger partial charge in [0.15, 0.2) is 0 Å². The molecule has 0 saturated carbocycles. The van der Waals surface area contributed by atoms with Gasteiger partial charge in [0.05, 0.1) is 6.61 Å². The van der Waals surface area contributed by atoms with E-state index in [9.17, 15) is 0 Å². The molecular formula is C11H23N2OP. The Hall–Kier alpha value is -0.130. The molecule has 0 aliphatic heterocycles. The zero-order valence-corrected chi connectivity index (χ0v) is 10.7. The zero-order chi connectivity index (χ0) is 11.4. The van der Waals surface area contributed by atoms with Crippen LogP contribution in [0.3, 0.4) is 0 Å². The predicted octanol–water partition coefficient (Wildman–Crippen LogP) is 1.16. The lowest BCUT2D eigenvalue weighted by Gasteiger charge is -2.13. The van der Waals surface area contributed by atoms with Crippen LogP contribution in [0, 0.1) is 12.3 Å². The number of hydrogen-bond acceptors (Lipinski definition) is 3. The monoisotopic (exact) mass is 230 g/mol. The van der Waals surface area contributed by atoms with Crippen LogP contribution < -0.4 is 10.4 Å². The SMILES string of the molecule is C#CCC(COCCCCCNP)NC. The summed E-state index contributed by atoms with van der Waals surface area (Å²) < 4.78 is 5.54. The standard InChI is InChI=1S/C11H23N2OP/c1-3-7-11(12-2)10-14-9-6-4-5-8-13-15/h1,11-13H,4-10,15H2,2H3. The van der Waals surface area contributed by atoms with Crippen molar-refractivity contribution in [3.8, 4) is 12.3 Å². The van der Waals surface area contributed by atoms with Crippen molar-refractivity contribution in [3.63, 3.8) is 0 Å². The molecule has 0 aromatic rings. The molecule has 0 rings (SSSR count). The molecule has 0 heterocycles. The van der Waals surface area contributed by atoms with Crippen molar-refractivity contribution in [3.05, 3.63) is 0 Å². The summed E-state index contributed by atoms with van der Waals surface area (Å²) in [6, 6.07) is 0.295. The highest BCUT2D eigenvalue weighted by Crippen LogP contribution is 1.97. The van der Waals surface area contributed by atoms with Gasteiger partial charge in [0, 0.05) is 19.1 Å². The van der Waals surface area contributed by atoms with Crippen molar-refractivity contribution in [2.45, 2.75) is 31.7 Å². The Morgan fingerprint density at radius 1 is 1.40 bits per heavy atom. The van der Waals surface area contributed by atoms with Gasteiger partial charge in [0.2, 0.25) is 0 Å². The van der Waals surface area contributed by atoms with E-state index < -0.39 is 0 Å². The topological polar surface area (TPSA) is 33.3 Å². The lowest BCUT2D eigenvalue weighted by Crippen LogP contribution is -2.30. The Balaban J connectivity index is 3.18. The number of terminal acetylenes is 1. The number of rotatable bonds is 10. The highest BCUT2D eigenvalue weighted by atomic mass is 31.0. The molecule has 2 N–H and O–H groups in total. The van der Waals surface area contributed by atoms with E-state index in [1.165, 1.54) is 12.8 Å². The summed E-state index contributed by atoms with van der Waals surface area (Å²) in [5, 5.41) is 6.18. The van der Waals surface area contributed by atoms with Crippen LogP contribution in [0.5, 0.6) is 0 Å². The molecule has 0 bridgehead atoms. The molecule has 3 nitrogen and oxygen atoms in total. The number of unbranched alkanes of at least 4 members (excludes halogenated alkanes) is 2. The van der Waals surface area contributed by atoms with Gasteiger partial charge in [-0.15, -0.1) is 12.3 Å². The fraction of sp³-hybridized carbons (Fsp3) is 0.818. The minimum absolute atomic E-state index is 0.295. The van der Waals surface area contributed by atoms with Gasteiger partial charge in [-0.25, -0.2) is 0 Å². The van der Waals surface area contributed by atoms with Crippen LogP contribution in [-0.4, -0.2) is 32.8 Å². The van der Waals surface area contributed by atoms with E-state index in [1.54, 1.807) is 0 Å². The number of likely N-dealkylation sites (N-methyl/N-ethyl adjacent to an activating group) is 1. The normalized spacial score (nSPS) is 12.3. The van der Waals surface area contributed by atoms with Crippen molar-refractivity contribution in [1.82, 2.24) is 10.4 Å². The van der Waals surface area contributed by atoms with Gasteiger partial charge in [-0.3, -0.25) is 0 Å². The van der Waals surface area contributed by atoms with Gasteiger partial charge in [-0.05, 0) is 32.9 Å². The van der Waals surface area contributed by atoms with Crippen LogP contribution in [0.1, 0.15) is 25.7 Å². The summed E-state index contributed by atoms with van der Waals surface area (Å²) in [4.78, 5) is 0. The second-order valence-corrected chi connectivity index (χ2v) is 3.89. The van der Waals surface area contributed by atoms with Gasteiger partial charge < -0.3 is 15.1 Å². The van der Waals surface area contributed by atoms with E-state index in [0.717, 1.165) is 26.0 Å². The van der Waals surface area contributed by atoms with Crippen molar-refractivity contribution >= 4 is 9.39 Å². The third kappa shape index (κ3) is 10.2. The first-order valence-electron chi connectivity index (χ1n) is 5.47. The molecule has 0 amide bonds. The van der Waals surface area contributed by atoms with Crippen LogP contribution >= 0.6 is 9.39 Å². The lowest BCUT2D eigenvalue weighted by molar-refractivity contribution is 0.111. The molecule has 0 aliphatic carbocycles. The Kier molecular flexibility index (Phi) is 11.8. The molecular weight excluding hydrogens is 207 g/mol. The molecule has 2 unspecified atom stereocenters. The molecule has 2 atom stereocenters. The molecule has 15 heavy (non-hydrogen) atoms. The molecule has 4 heteroatoms. The summed E-state index contributed by atoms with van der Waals surface area (Å²) in [6.07, 6.45) is 9.50. The van der Waals surface area contributed by atoms with E-state index in [4.69, 9.17) is 11.2 Å². The van der Waals surface area contributed by atoms with Crippen molar-refractivity contribution in [1.29, 1.82) is 0 Å². The maximum absolute atomic E-state index is 5.54. The van der Waals surface area contributed by atoms with Gasteiger partial charge in [-0.2, -0.15) is 0 Å². The van der Waals surface area contributed by atoms with Crippen LogP contribution in [0.15, 0.2) is 0 Å². The number of hydrogen-bond donors (Lipinski definition) is 2. The fourth-order valence-electron chi connectivity index (χ4n) is 1.22. The van der Waals surface area contributed by atoms with E-state index in [2.05, 4.69) is 25.7 Å². The Morgan fingerprint density at radius 2 is 2.20 bits per heavy atom. The molecule has 0 spiro atoms. The Bertz CT molecular complexity index is 170. The Labute approximate surface area is 96.0 Å². The summed E-state index contributed by atoms with van der Waals surface area (Å²) in [6.45, 7) is 2.60. The van der Waals surface area contributed by atoms with Gasteiger partial charge in [0.25, 0.3) is 0 Å².